The summed E-state index contributed by atoms with van der Waals surface area (Å²) in [5, 5.41) is 2.37. The summed E-state index contributed by atoms with van der Waals surface area (Å²) in [6, 6.07) is 7.09. The van der Waals surface area contributed by atoms with E-state index in [1.54, 1.807) is 25.1 Å². The lowest BCUT2D eigenvalue weighted by molar-refractivity contribution is -0.123. The zero-order valence-electron chi connectivity index (χ0n) is 10.2. The van der Waals surface area contributed by atoms with Crippen LogP contribution in [0.25, 0.3) is 0 Å². The number of amides is 2. The first-order valence-electron chi connectivity index (χ1n) is 5.57. The van der Waals surface area contributed by atoms with E-state index in [1.165, 1.54) is 0 Å². The number of hydrogen-bond donors (Lipinski definition) is 1. The van der Waals surface area contributed by atoms with Gasteiger partial charge in [-0.05, 0) is 25.5 Å². The molecule has 0 fully saturated rings. The number of carbonyl (C=O) groups excluding carboxylic acids is 2. The van der Waals surface area contributed by atoms with E-state index in [0.29, 0.717) is 12.0 Å². The standard InChI is InChI=1S/C14H17NO2/c1-4-5-11(3)13(16)15-14(17)12-8-6-10(2)7-9-12/h4,6-9,11H,1,5H2,2-3H3,(H,15,16,17)/t11-/m1/s1. The van der Waals surface area contributed by atoms with E-state index < -0.39 is 0 Å². The number of nitrogens with one attached hydrogen (secondary N) is 1. The highest BCUT2D eigenvalue weighted by molar-refractivity contribution is 6.05. The molecule has 90 valence electrons. The fraction of sp³-hybridized carbons (Fsp3) is 0.286. The van der Waals surface area contributed by atoms with Gasteiger partial charge in [0.05, 0.1) is 0 Å². The molecule has 1 rings (SSSR count). The SMILES string of the molecule is C=CC[C@@H](C)C(=O)NC(=O)c1ccc(C)cc1. The molecule has 0 saturated carbocycles. The van der Waals surface area contributed by atoms with Crippen molar-refractivity contribution in [3.05, 3.63) is 48.0 Å². The number of allylic oxidation sites excluding steroid dienone is 1. The first-order valence-corrected chi connectivity index (χ1v) is 5.57. The van der Waals surface area contributed by atoms with Gasteiger partial charge in [-0.15, -0.1) is 6.58 Å². The van der Waals surface area contributed by atoms with Crippen LogP contribution >= 0.6 is 0 Å². The van der Waals surface area contributed by atoms with Gasteiger partial charge in [-0.1, -0.05) is 30.7 Å². The summed E-state index contributed by atoms with van der Waals surface area (Å²) >= 11 is 0. The maximum Gasteiger partial charge on any atom is 0.257 e. The first kappa shape index (κ1) is 13.2. The van der Waals surface area contributed by atoms with Crippen LogP contribution in [0.1, 0.15) is 29.3 Å². The van der Waals surface area contributed by atoms with Crippen molar-refractivity contribution in [2.24, 2.45) is 5.92 Å². The fourth-order valence-electron chi connectivity index (χ4n) is 1.37. The van der Waals surface area contributed by atoms with Crippen molar-refractivity contribution in [1.29, 1.82) is 0 Å². The fourth-order valence-corrected chi connectivity index (χ4v) is 1.37. The summed E-state index contributed by atoms with van der Waals surface area (Å²) < 4.78 is 0. The molecule has 1 aromatic rings. The first-order chi connectivity index (χ1) is 8.04. The van der Waals surface area contributed by atoms with Crippen molar-refractivity contribution in [1.82, 2.24) is 5.32 Å². The van der Waals surface area contributed by atoms with Crippen molar-refractivity contribution in [2.45, 2.75) is 20.3 Å². The van der Waals surface area contributed by atoms with Crippen LogP contribution in [0.4, 0.5) is 0 Å². The topological polar surface area (TPSA) is 46.2 Å². The third kappa shape index (κ3) is 3.87. The Kier molecular flexibility index (Phi) is 4.64. The van der Waals surface area contributed by atoms with Crippen molar-refractivity contribution >= 4 is 11.8 Å². The predicted molar refractivity (Wildman–Crippen MR) is 67.6 cm³/mol. The maximum atomic E-state index is 11.7. The van der Waals surface area contributed by atoms with E-state index in [0.717, 1.165) is 5.56 Å². The van der Waals surface area contributed by atoms with Crippen LogP contribution in [-0.4, -0.2) is 11.8 Å². The average Bonchev–Trinajstić information content (AvgIpc) is 2.30. The number of benzene rings is 1. The van der Waals surface area contributed by atoms with Crippen LogP contribution in [0.15, 0.2) is 36.9 Å². The van der Waals surface area contributed by atoms with Crippen LogP contribution in [0.3, 0.4) is 0 Å². The predicted octanol–water partition coefficient (Wildman–Crippen LogP) is 2.46. The van der Waals surface area contributed by atoms with Gasteiger partial charge in [0.2, 0.25) is 5.91 Å². The molecule has 1 aromatic carbocycles. The molecule has 0 spiro atoms. The van der Waals surface area contributed by atoms with Crippen molar-refractivity contribution in [2.75, 3.05) is 0 Å². The Balaban J connectivity index is 2.63. The largest absolute Gasteiger partial charge is 0.292 e. The Hall–Kier alpha value is -1.90. The van der Waals surface area contributed by atoms with E-state index in [1.807, 2.05) is 19.1 Å². The number of imide groups is 1. The molecule has 1 atom stereocenters. The molecule has 0 unspecified atom stereocenters. The molecular formula is C14H17NO2. The molecule has 2 amide bonds. The van der Waals surface area contributed by atoms with Crippen LogP contribution in [-0.2, 0) is 4.79 Å². The summed E-state index contributed by atoms with van der Waals surface area (Å²) in [6.45, 7) is 7.27. The highest BCUT2D eigenvalue weighted by atomic mass is 16.2. The number of hydrogen-bond acceptors (Lipinski definition) is 2. The molecular weight excluding hydrogens is 214 g/mol. The zero-order chi connectivity index (χ0) is 12.8. The van der Waals surface area contributed by atoms with Gasteiger partial charge in [0.15, 0.2) is 0 Å². The molecule has 0 aliphatic carbocycles. The van der Waals surface area contributed by atoms with E-state index in [2.05, 4.69) is 11.9 Å². The quantitative estimate of drug-likeness (QED) is 0.809. The third-order valence-corrected chi connectivity index (χ3v) is 2.52. The van der Waals surface area contributed by atoms with Gasteiger partial charge in [-0.3, -0.25) is 14.9 Å². The lowest BCUT2D eigenvalue weighted by Gasteiger charge is -2.09. The van der Waals surface area contributed by atoms with Gasteiger partial charge in [-0.2, -0.15) is 0 Å². The van der Waals surface area contributed by atoms with Gasteiger partial charge in [-0.25, -0.2) is 0 Å². The molecule has 0 heterocycles. The molecule has 3 nitrogen and oxygen atoms in total. The van der Waals surface area contributed by atoms with Crippen molar-refractivity contribution in [3.8, 4) is 0 Å². The van der Waals surface area contributed by atoms with Crippen LogP contribution < -0.4 is 5.32 Å². The molecule has 17 heavy (non-hydrogen) atoms. The lowest BCUT2D eigenvalue weighted by Crippen LogP contribution is -2.34. The summed E-state index contributed by atoms with van der Waals surface area (Å²) in [5.74, 6) is -0.858. The Morgan fingerprint density at radius 2 is 1.94 bits per heavy atom. The second kappa shape index (κ2) is 5.99. The molecule has 0 aliphatic heterocycles. The minimum atomic E-state index is -0.356. The van der Waals surface area contributed by atoms with Gasteiger partial charge in [0, 0.05) is 11.5 Å². The second-order valence-corrected chi connectivity index (χ2v) is 4.11. The molecule has 0 radical (unpaired) electrons. The van der Waals surface area contributed by atoms with Crippen molar-refractivity contribution in [3.63, 3.8) is 0 Å². The summed E-state index contributed by atoms with van der Waals surface area (Å²) in [4.78, 5) is 23.3. The van der Waals surface area contributed by atoms with Gasteiger partial charge in [0.1, 0.15) is 0 Å². The maximum absolute atomic E-state index is 11.7. The number of rotatable bonds is 4. The number of carbonyl (C=O) groups is 2. The second-order valence-electron chi connectivity index (χ2n) is 4.11. The normalized spacial score (nSPS) is 11.6. The monoisotopic (exact) mass is 231 g/mol. The molecule has 0 aliphatic rings. The molecule has 0 saturated heterocycles. The summed E-state index contributed by atoms with van der Waals surface area (Å²) in [7, 11) is 0. The number of aryl methyl sites for hydroxylation is 1. The van der Waals surface area contributed by atoms with E-state index in [9.17, 15) is 9.59 Å². The van der Waals surface area contributed by atoms with Crippen molar-refractivity contribution < 1.29 is 9.59 Å². The highest BCUT2D eigenvalue weighted by Crippen LogP contribution is 2.05. The summed E-state index contributed by atoms with van der Waals surface area (Å²) in [6.07, 6.45) is 2.23. The molecule has 1 N–H and O–H groups in total. The average molecular weight is 231 g/mol. The summed E-state index contributed by atoms with van der Waals surface area (Å²) in [5.41, 5.74) is 1.57. The lowest BCUT2D eigenvalue weighted by atomic mass is 10.1. The zero-order valence-corrected chi connectivity index (χ0v) is 10.2. The molecule has 0 aromatic heterocycles. The highest BCUT2D eigenvalue weighted by Gasteiger charge is 2.15. The molecule has 3 heteroatoms. The minimum absolute atomic E-state index is 0.234. The van der Waals surface area contributed by atoms with Gasteiger partial charge >= 0.3 is 0 Å². The van der Waals surface area contributed by atoms with E-state index in [4.69, 9.17) is 0 Å². The Bertz CT molecular complexity index is 420. The Morgan fingerprint density at radius 3 is 2.47 bits per heavy atom. The van der Waals surface area contributed by atoms with Gasteiger partial charge < -0.3 is 0 Å². The Morgan fingerprint density at radius 1 is 1.35 bits per heavy atom. The van der Waals surface area contributed by atoms with Crippen LogP contribution in [0.2, 0.25) is 0 Å². The smallest absolute Gasteiger partial charge is 0.257 e. The third-order valence-electron chi connectivity index (χ3n) is 2.52. The Labute approximate surface area is 102 Å². The van der Waals surface area contributed by atoms with E-state index >= 15 is 0 Å². The molecule has 0 bridgehead atoms. The van der Waals surface area contributed by atoms with Crippen LogP contribution in [0.5, 0.6) is 0 Å². The van der Waals surface area contributed by atoms with Crippen LogP contribution in [0, 0.1) is 12.8 Å². The van der Waals surface area contributed by atoms with E-state index in [-0.39, 0.29) is 17.7 Å². The minimum Gasteiger partial charge on any atom is -0.292 e. The van der Waals surface area contributed by atoms with Gasteiger partial charge in [0.25, 0.3) is 5.91 Å².